The predicted octanol–water partition coefficient (Wildman–Crippen LogP) is 1.87. The van der Waals surface area contributed by atoms with E-state index in [2.05, 4.69) is 5.32 Å². The van der Waals surface area contributed by atoms with Gasteiger partial charge in [0.1, 0.15) is 12.2 Å². The molecule has 0 bridgehead atoms. The van der Waals surface area contributed by atoms with E-state index in [4.69, 9.17) is 9.47 Å². The maximum absolute atomic E-state index is 12.5. The van der Waals surface area contributed by atoms with E-state index in [0.29, 0.717) is 25.9 Å². The summed E-state index contributed by atoms with van der Waals surface area (Å²) in [6.45, 7) is 1.09. The number of hydrogen-bond acceptors (Lipinski definition) is 4. The number of likely N-dealkylation sites (tertiary alicyclic amines) is 1. The molecule has 1 aromatic carbocycles. The first-order valence-electron chi connectivity index (χ1n) is 8.94. The van der Waals surface area contributed by atoms with Gasteiger partial charge in [0.25, 0.3) is 0 Å². The topological polar surface area (TPSA) is 71.0 Å². The highest BCUT2D eigenvalue weighted by molar-refractivity contribution is 5.75. The summed E-state index contributed by atoms with van der Waals surface area (Å²) in [5.41, 5.74) is 0.184. The summed E-state index contributed by atoms with van der Waals surface area (Å²) in [6, 6.07) is 9.82. The van der Waals surface area contributed by atoms with E-state index >= 15 is 0 Å². The molecule has 2 fully saturated rings. The first-order valence-corrected chi connectivity index (χ1v) is 8.94. The molecule has 6 nitrogen and oxygen atoms in total. The number of aliphatic hydroxyl groups is 1. The number of nitrogens with zero attached hydrogens (tertiary/aromatic N) is 1. The average molecular weight is 348 g/mol. The lowest BCUT2D eigenvalue weighted by Crippen LogP contribution is -2.47. The Hall–Kier alpha value is -1.63. The van der Waals surface area contributed by atoms with Crippen molar-refractivity contribution in [1.29, 1.82) is 0 Å². The minimum Gasteiger partial charge on any atom is -0.385 e. The number of carbonyl (C=O) groups is 1. The summed E-state index contributed by atoms with van der Waals surface area (Å²) in [6.07, 6.45) is 2.70. The highest BCUT2D eigenvalue weighted by Crippen LogP contribution is 2.37. The van der Waals surface area contributed by atoms with E-state index in [9.17, 15) is 9.90 Å². The van der Waals surface area contributed by atoms with Crippen LogP contribution in [0.1, 0.15) is 31.2 Å². The Morgan fingerprint density at radius 2 is 1.68 bits per heavy atom. The molecule has 2 atom stereocenters. The molecule has 1 aliphatic heterocycles. The van der Waals surface area contributed by atoms with Crippen LogP contribution < -0.4 is 5.32 Å². The number of urea groups is 1. The van der Waals surface area contributed by atoms with E-state index < -0.39 is 5.60 Å². The highest BCUT2D eigenvalue weighted by atomic mass is 16.5. The Morgan fingerprint density at radius 1 is 1.12 bits per heavy atom. The number of methoxy groups -OCH3 is 2. The largest absolute Gasteiger partial charge is 0.385 e. The number of benzene rings is 1. The number of rotatable bonds is 4. The van der Waals surface area contributed by atoms with E-state index in [1.165, 1.54) is 0 Å². The van der Waals surface area contributed by atoms with Crippen molar-refractivity contribution in [2.75, 3.05) is 27.3 Å². The van der Waals surface area contributed by atoms with Gasteiger partial charge in [-0.2, -0.15) is 0 Å². The number of nitrogens with one attached hydrogen (secondary N) is 1. The van der Waals surface area contributed by atoms with Crippen LogP contribution in [0.5, 0.6) is 0 Å². The zero-order valence-electron chi connectivity index (χ0n) is 15.0. The van der Waals surface area contributed by atoms with Crippen LogP contribution in [0.15, 0.2) is 30.3 Å². The van der Waals surface area contributed by atoms with Crippen LogP contribution >= 0.6 is 0 Å². The van der Waals surface area contributed by atoms with Gasteiger partial charge in [-0.25, -0.2) is 4.79 Å². The number of carbonyl (C=O) groups excluding carboxylic acids is 1. The number of ether oxygens (including phenoxy) is 2. The Labute approximate surface area is 149 Å². The summed E-state index contributed by atoms with van der Waals surface area (Å²) in [7, 11) is 3.29. The van der Waals surface area contributed by atoms with Crippen LogP contribution in [-0.2, 0) is 15.1 Å². The van der Waals surface area contributed by atoms with E-state index in [1.807, 2.05) is 30.3 Å². The molecule has 25 heavy (non-hydrogen) atoms. The summed E-state index contributed by atoms with van der Waals surface area (Å²) in [4.78, 5) is 14.3. The van der Waals surface area contributed by atoms with Gasteiger partial charge in [-0.1, -0.05) is 30.3 Å². The molecule has 1 saturated carbocycles. The smallest absolute Gasteiger partial charge is 0.317 e. The lowest BCUT2D eigenvalue weighted by Gasteiger charge is -2.37. The fourth-order valence-corrected chi connectivity index (χ4v) is 3.91. The minimum atomic E-state index is -0.779. The van der Waals surface area contributed by atoms with Crippen LogP contribution in [-0.4, -0.2) is 61.6 Å². The predicted molar refractivity (Wildman–Crippen MR) is 94.3 cm³/mol. The van der Waals surface area contributed by atoms with Gasteiger partial charge in [-0.15, -0.1) is 0 Å². The van der Waals surface area contributed by atoms with E-state index in [-0.39, 0.29) is 24.3 Å². The summed E-state index contributed by atoms with van der Waals surface area (Å²) < 4.78 is 10.8. The van der Waals surface area contributed by atoms with Crippen molar-refractivity contribution in [2.45, 2.75) is 49.5 Å². The minimum absolute atomic E-state index is 0.0725. The maximum atomic E-state index is 12.5. The van der Waals surface area contributed by atoms with Gasteiger partial charge in [0.2, 0.25) is 0 Å². The van der Waals surface area contributed by atoms with Crippen molar-refractivity contribution < 1.29 is 19.4 Å². The molecular formula is C19H28N2O4. The Bertz CT molecular complexity index is 560. The molecule has 6 heteroatoms. The first kappa shape index (κ1) is 18.2. The van der Waals surface area contributed by atoms with Gasteiger partial charge < -0.3 is 24.8 Å². The molecule has 1 saturated heterocycles. The Morgan fingerprint density at radius 3 is 2.20 bits per heavy atom. The van der Waals surface area contributed by atoms with Crippen LogP contribution in [0.4, 0.5) is 4.79 Å². The standard InChI is InChI=1S/C19H28N2O4/c1-24-16-12-21(13-17(16)25-2)18(22)20-15-8-10-19(23,11-9-15)14-6-4-3-5-7-14/h3-7,15-17,23H,8-13H2,1-2H3,(H,20,22)/t15?,16-,17+,19?. The molecule has 3 rings (SSSR count). The van der Waals surface area contributed by atoms with Crippen LogP contribution in [0, 0.1) is 0 Å². The normalized spacial score (nSPS) is 32.6. The van der Waals surface area contributed by atoms with Gasteiger partial charge in [0.15, 0.2) is 0 Å². The van der Waals surface area contributed by atoms with Crippen molar-refractivity contribution in [3.05, 3.63) is 35.9 Å². The molecule has 0 unspecified atom stereocenters. The van der Waals surface area contributed by atoms with E-state index in [1.54, 1.807) is 19.1 Å². The lowest BCUT2D eigenvalue weighted by molar-refractivity contribution is -0.00770. The molecule has 2 aliphatic rings. The average Bonchev–Trinajstić information content (AvgIpc) is 3.08. The molecule has 138 valence electrons. The van der Waals surface area contributed by atoms with Crippen molar-refractivity contribution in [3.63, 3.8) is 0 Å². The van der Waals surface area contributed by atoms with E-state index in [0.717, 1.165) is 18.4 Å². The fraction of sp³-hybridized carbons (Fsp3) is 0.632. The second kappa shape index (κ2) is 7.72. The highest BCUT2D eigenvalue weighted by Gasteiger charge is 2.38. The van der Waals surface area contributed by atoms with Gasteiger partial charge in [-0.05, 0) is 31.2 Å². The fourth-order valence-electron chi connectivity index (χ4n) is 3.91. The van der Waals surface area contributed by atoms with Crippen LogP contribution in [0.25, 0.3) is 0 Å². The van der Waals surface area contributed by atoms with Gasteiger partial charge >= 0.3 is 6.03 Å². The molecule has 1 aromatic rings. The monoisotopic (exact) mass is 348 g/mol. The molecular weight excluding hydrogens is 320 g/mol. The molecule has 2 amide bonds. The zero-order valence-corrected chi connectivity index (χ0v) is 15.0. The first-order chi connectivity index (χ1) is 12.1. The second-order valence-electron chi connectivity index (χ2n) is 7.07. The van der Waals surface area contributed by atoms with Gasteiger partial charge in [-0.3, -0.25) is 0 Å². The number of amides is 2. The molecule has 0 aromatic heterocycles. The summed E-state index contributed by atoms with van der Waals surface area (Å²) in [5, 5.41) is 14.0. The van der Waals surface area contributed by atoms with Crippen molar-refractivity contribution in [1.82, 2.24) is 10.2 Å². The van der Waals surface area contributed by atoms with Crippen molar-refractivity contribution in [3.8, 4) is 0 Å². The Balaban J connectivity index is 1.52. The third-order valence-corrected chi connectivity index (χ3v) is 5.56. The third-order valence-electron chi connectivity index (χ3n) is 5.56. The zero-order chi connectivity index (χ0) is 17.9. The second-order valence-corrected chi connectivity index (χ2v) is 7.07. The van der Waals surface area contributed by atoms with Crippen molar-refractivity contribution in [2.24, 2.45) is 0 Å². The van der Waals surface area contributed by atoms with Crippen LogP contribution in [0.2, 0.25) is 0 Å². The third kappa shape index (κ3) is 3.97. The van der Waals surface area contributed by atoms with Gasteiger partial charge in [0.05, 0.1) is 18.7 Å². The lowest BCUT2D eigenvalue weighted by atomic mass is 9.78. The SMILES string of the molecule is CO[C@H]1CN(C(=O)NC2CCC(O)(c3ccccc3)CC2)C[C@H]1OC. The molecule has 2 N–H and O–H groups in total. The number of hydrogen-bond donors (Lipinski definition) is 2. The molecule has 0 radical (unpaired) electrons. The molecule has 1 heterocycles. The summed E-state index contributed by atoms with van der Waals surface area (Å²) >= 11 is 0. The summed E-state index contributed by atoms with van der Waals surface area (Å²) in [5.74, 6) is 0. The van der Waals surface area contributed by atoms with Crippen molar-refractivity contribution >= 4 is 6.03 Å². The van der Waals surface area contributed by atoms with Gasteiger partial charge in [0, 0.05) is 20.3 Å². The maximum Gasteiger partial charge on any atom is 0.317 e. The molecule has 0 spiro atoms. The Kier molecular flexibility index (Phi) is 5.61. The quantitative estimate of drug-likeness (QED) is 0.871. The van der Waals surface area contributed by atoms with Crippen LogP contribution in [0.3, 0.4) is 0 Å². The molecule has 1 aliphatic carbocycles.